The molecule has 0 saturated carbocycles. The summed E-state index contributed by atoms with van der Waals surface area (Å²) in [4.78, 5) is 24.0. The van der Waals surface area contributed by atoms with E-state index in [1.807, 2.05) is 42.7 Å². The van der Waals surface area contributed by atoms with Gasteiger partial charge in [0.15, 0.2) is 0 Å². The van der Waals surface area contributed by atoms with E-state index in [9.17, 15) is 9.18 Å². The zero-order valence-corrected chi connectivity index (χ0v) is 19.9. The van der Waals surface area contributed by atoms with E-state index < -0.39 is 6.17 Å². The number of nitrogens with zero attached hydrogens (tertiary/aromatic N) is 5. The summed E-state index contributed by atoms with van der Waals surface area (Å²) in [5.41, 5.74) is 4.50. The Labute approximate surface area is 197 Å². The molecule has 0 bridgehead atoms. The first-order valence-electron chi connectivity index (χ1n) is 11.9. The molecule has 178 valence electrons. The molecule has 5 rings (SSSR count). The van der Waals surface area contributed by atoms with Gasteiger partial charge in [0, 0.05) is 55.9 Å². The fourth-order valence-electron chi connectivity index (χ4n) is 4.78. The molecule has 1 fully saturated rings. The zero-order valence-electron chi connectivity index (χ0n) is 19.9. The van der Waals surface area contributed by atoms with Crippen LogP contribution in [-0.2, 0) is 7.05 Å². The van der Waals surface area contributed by atoms with E-state index in [1.54, 1.807) is 24.0 Å². The molecule has 34 heavy (non-hydrogen) atoms. The van der Waals surface area contributed by atoms with Crippen molar-refractivity contribution in [3.05, 3.63) is 53.2 Å². The molecule has 0 amide bonds. The van der Waals surface area contributed by atoms with Crippen molar-refractivity contribution in [3.8, 4) is 17.0 Å². The minimum atomic E-state index is -0.683. The van der Waals surface area contributed by atoms with Gasteiger partial charge in [-0.15, -0.1) is 0 Å². The molecule has 1 aliphatic rings. The van der Waals surface area contributed by atoms with Crippen molar-refractivity contribution in [3.63, 3.8) is 0 Å². The van der Waals surface area contributed by atoms with Gasteiger partial charge in [0.25, 0.3) is 0 Å². The van der Waals surface area contributed by atoms with Gasteiger partial charge in [-0.2, -0.15) is 0 Å². The summed E-state index contributed by atoms with van der Waals surface area (Å²) in [7, 11) is 1.78. The molecule has 0 unspecified atom stereocenters. The number of likely N-dealkylation sites (tertiary alicyclic amines) is 1. The predicted molar refractivity (Wildman–Crippen MR) is 132 cm³/mol. The molecule has 1 aromatic carbocycles. The normalized spacial score (nSPS) is 16.8. The van der Waals surface area contributed by atoms with Crippen LogP contribution >= 0.6 is 0 Å². The molecule has 0 spiro atoms. The Morgan fingerprint density at radius 3 is 2.68 bits per heavy atom. The van der Waals surface area contributed by atoms with E-state index in [0.717, 1.165) is 52.6 Å². The van der Waals surface area contributed by atoms with E-state index in [2.05, 4.69) is 20.9 Å². The van der Waals surface area contributed by atoms with Crippen LogP contribution in [0.1, 0.15) is 32.7 Å². The number of ether oxygens (including phenoxy) is 1. The highest BCUT2D eigenvalue weighted by Crippen LogP contribution is 2.30. The number of halogens is 1. The van der Waals surface area contributed by atoms with Crippen LogP contribution < -0.4 is 10.4 Å². The van der Waals surface area contributed by atoms with Crippen LogP contribution in [-0.4, -0.2) is 56.4 Å². The van der Waals surface area contributed by atoms with Crippen LogP contribution in [0.25, 0.3) is 33.1 Å². The molecular weight excluding hydrogens is 433 g/mol. The number of pyridine rings is 2. The number of alkyl halides is 1. The number of aromatic nitrogens is 4. The lowest BCUT2D eigenvalue weighted by Crippen LogP contribution is -2.23. The Morgan fingerprint density at radius 1 is 1.15 bits per heavy atom. The van der Waals surface area contributed by atoms with Crippen molar-refractivity contribution < 1.29 is 9.13 Å². The highest BCUT2D eigenvalue weighted by molar-refractivity contribution is 6.04. The maximum absolute atomic E-state index is 13.3. The average Bonchev–Trinajstić information content (AvgIpc) is 3.37. The Morgan fingerprint density at radius 2 is 1.97 bits per heavy atom. The average molecular weight is 464 g/mol. The first kappa shape index (κ1) is 22.5. The number of fused-ring (bicyclic) bond motifs is 3. The van der Waals surface area contributed by atoms with Crippen LogP contribution in [0.2, 0.25) is 0 Å². The van der Waals surface area contributed by atoms with Gasteiger partial charge in [-0.05, 0) is 50.5 Å². The van der Waals surface area contributed by atoms with Gasteiger partial charge in [0.1, 0.15) is 6.17 Å². The third-order valence-corrected chi connectivity index (χ3v) is 6.59. The summed E-state index contributed by atoms with van der Waals surface area (Å²) in [6, 6.07) is 9.98. The largest absolute Gasteiger partial charge is 0.478 e. The topological polar surface area (TPSA) is 65.2 Å². The van der Waals surface area contributed by atoms with Gasteiger partial charge < -0.3 is 9.64 Å². The summed E-state index contributed by atoms with van der Waals surface area (Å²) in [5.74, 6) is 0.579. The Bertz CT molecular complexity index is 1380. The maximum Gasteiger partial charge on any atom is 0.329 e. The lowest BCUT2D eigenvalue weighted by Gasteiger charge is -2.14. The lowest BCUT2D eigenvalue weighted by molar-refractivity contribution is 0.244. The number of hydrogen-bond acceptors (Lipinski definition) is 5. The molecule has 4 heterocycles. The Balaban J connectivity index is 1.36. The molecule has 1 aliphatic heterocycles. The smallest absolute Gasteiger partial charge is 0.329 e. The minimum Gasteiger partial charge on any atom is -0.478 e. The first-order chi connectivity index (χ1) is 16.4. The second kappa shape index (κ2) is 9.18. The molecule has 0 N–H and O–H groups in total. The van der Waals surface area contributed by atoms with Crippen molar-refractivity contribution in [2.45, 2.75) is 38.9 Å². The molecule has 0 radical (unpaired) electrons. The van der Waals surface area contributed by atoms with E-state index in [1.165, 1.54) is 0 Å². The third-order valence-electron chi connectivity index (χ3n) is 6.59. The summed E-state index contributed by atoms with van der Waals surface area (Å²) in [5, 5.41) is 0.944. The van der Waals surface area contributed by atoms with Crippen molar-refractivity contribution in [1.29, 1.82) is 0 Å². The number of rotatable bonds is 7. The van der Waals surface area contributed by atoms with E-state index in [-0.39, 0.29) is 11.7 Å². The molecule has 3 aromatic heterocycles. The van der Waals surface area contributed by atoms with Crippen LogP contribution in [0.3, 0.4) is 0 Å². The van der Waals surface area contributed by atoms with Crippen LogP contribution in [0, 0.1) is 0 Å². The van der Waals surface area contributed by atoms with Crippen molar-refractivity contribution in [2.24, 2.45) is 7.05 Å². The van der Waals surface area contributed by atoms with Gasteiger partial charge in [-0.1, -0.05) is 6.07 Å². The molecule has 1 saturated heterocycles. The number of imidazole rings is 1. The number of benzene rings is 1. The lowest BCUT2D eigenvalue weighted by atomic mass is 10.0. The monoisotopic (exact) mass is 463 g/mol. The quantitative estimate of drug-likeness (QED) is 0.382. The molecule has 0 aliphatic carbocycles. The second-order valence-electron chi connectivity index (χ2n) is 9.30. The van der Waals surface area contributed by atoms with Gasteiger partial charge >= 0.3 is 5.69 Å². The highest BCUT2D eigenvalue weighted by Gasteiger charge is 2.21. The van der Waals surface area contributed by atoms with Gasteiger partial charge in [-0.25, -0.2) is 14.2 Å². The van der Waals surface area contributed by atoms with Gasteiger partial charge in [0.05, 0.1) is 29.4 Å². The first-order valence-corrected chi connectivity index (χ1v) is 11.9. The standard InChI is InChI=1S/C26H30FN5O2/c1-17(2)32-25-21-13-18(5-7-22(21)28-15-23(25)30(3)26(32)33)19-6-8-24(29-14-19)34-12-4-10-31-11-9-20(27)16-31/h5-8,13-15,17,20H,4,9-12,16H2,1-3H3/t20-/m1/s1. The third kappa shape index (κ3) is 4.18. The van der Waals surface area contributed by atoms with Crippen LogP contribution in [0.4, 0.5) is 4.39 Å². The summed E-state index contributed by atoms with van der Waals surface area (Å²) in [6.07, 6.45) is 4.37. The van der Waals surface area contributed by atoms with Crippen molar-refractivity contribution in [2.75, 3.05) is 26.2 Å². The van der Waals surface area contributed by atoms with Crippen LogP contribution in [0.15, 0.2) is 47.5 Å². The second-order valence-corrected chi connectivity index (χ2v) is 9.30. The predicted octanol–water partition coefficient (Wildman–Crippen LogP) is 4.34. The Hall–Kier alpha value is -3.26. The van der Waals surface area contributed by atoms with E-state index in [0.29, 0.717) is 25.5 Å². The van der Waals surface area contributed by atoms with Gasteiger partial charge in [-0.3, -0.25) is 14.1 Å². The Kier molecular flexibility index (Phi) is 6.08. The molecular formula is C26H30FN5O2. The summed E-state index contributed by atoms with van der Waals surface area (Å²) >= 11 is 0. The van der Waals surface area contributed by atoms with Crippen LogP contribution in [0.5, 0.6) is 5.88 Å². The summed E-state index contributed by atoms with van der Waals surface area (Å²) in [6.45, 7) is 6.80. The molecule has 1 atom stereocenters. The van der Waals surface area contributed by atoms with E-state index in [4.69, 9.17) is 4.74 Å². The zero-order chi connectivity index (χ0) is 23.8. The number of hydrogen-bond donors (Lipinski definition) is 0. The van der Waals surface area contributed by atoms with Crippen molar-refractivity contribution in [1.82, 2.24) is 24.0 Å². The molecule has 8 heteroatoms. The fourth-order valence-corrected chi connectivity index (χ4v) is 4.78. The molecule has 7 nitrogen and oxygen atoms in total. The van der Waals surface area contributed by atoms with Gasteiger partial charge in [0.2, 0.25) is 5.88 Å². The fraction of sp³-hybridized carbons (Fsp3) is 0.423. The van der Waals surface area contributed by atoms with Crippen molar-refractivity contribution >= 4 is 21.9 Å². The maximum atomic E-state index is 13.3. The number of aryl methyl sites for hydroxylation is 1. The highest BCUT2D eigenvalue weighted by atomic mass is 19.1. The van der Waals surface area contributed by atoms with E-state index >= 15 is 0 Å². The molecule has 4 aromatic rings. The SMILES string of the molecule is CC(C)n1c(=O)n(C)c2cnc3ccc(-c4ccc(OCCCN5CC[C@@H](F)C5)nc4)cc3c21. The minimum absolute atomic E-state index is 0.0347. The summed E-state index contributed by atoms with van der Waals surface area (Å²) < 4.78 is 22.5.